The molecule has 0 saturated carbocycles. The smallest absolute Gasteiger partial charge is 0.338 e. The Morgan fingerprint density at radius 1 is 1.18 bits per heavy atom. The van der Waals surface area contributed by atoms with E-state index in [1.54, 1.807) is 20.8 Å². The van der Waals surface area contributed by atoms with Crippen molar-refractivity contribution < 1.29 is 37.0 Å². The lowest BCUT2D eigenvalue weighted by Crippen LogP contribution is -2.50. The quantitative estimate of drug-likeness (QED) is 0.542. The lowest BCUT2D eigenvalue weighted by Gasteiger charge is -2.27. The van der Waals surface area contributed by atoms with Gasteiger partial charge in [-0.05, 0) is 38.5 Å². The Labute approximate surface area is 192 Å². The number of sulfonamides is 1. The third-order valence-electron chi connectivity index (χ3n) is 5.22. The molecule has 1 saturated heterocycles. The van der Waals surface area contributed by atoms with Gasteiger partial charge >= 0.3 is 18.0 Å². The van der Waals surface area contributed by atoms with Gasteiger partial charge in [0.05, 0.1) is 47.6 Å². The molecule has 12 heteroatoms. The fourth-order valence-corrected chi connectivity index (χ4v) is 5.20. The minimum atomic E-state index is -3.82. The second-order valence-corrected chi connectivity index (χ2v) is 9.41. The minimum Gasteiger partial charge on any atom is -0.463 e. The van der Waals surface area contributed by atoms with Crippen LogP contribution in [-0.2, 0) is 29.0 Å². The molecule has 2 aliphatic heterocycles. The maximum atomic E-state index is 13.0. The number of morpholine rings is 1. The number of carbonyl (C=O) groups is 3. The number of benzene rings is 1. The van der Waals surface area contributed by atoms with Crippen LogP contribution in [0.4, 0.5) is 4.79 Å². The van der Waals surface area contributed by atoms with Crippen LogP contribution in [0.15, 0.2) is 34.4 Å². The Balaban J connectivity index is 1.81. The highest BCUT2D eigenvalue weighted by atomic mass is 32.2. The number of urea groups is 1. The highest BCUT2D eigenvalue weighted by Gasteiger charge is 2.31. The van der Waals surface area contributed by atoms with Crippen LogP contribution in [0.2, 0.25) is 0 Å². The van der Waals surface area contributed by atoms with E-state index in [1.807, 2.05) is 0 Å². The predicted octanol–water partition coefficient (Wildman–Crippen LogP) is 0.691. The first kappa shape index (κ1) is 24.7. The first-order valence-electron chi connectivity index (χ1n) is 10.5. The number of aryl methyl sites for hydroxylation is 1. The minimum absolute atomic E-state index is 0.00840. The molecule has 0 spiro atoms. The highest BCUT2D eigenvalue weighted by molar-refractivity contribution is 7.89. The predicted molar refractivity (Wildman–Crippen MR) is 116 cm³/mol. The molecule has 0 aliphatic carbocycles. The number of rotatable bonds is 7. The number of nitrogens with zero attached hydrogens (tertiary/aromatic N) is 1. The molecular formula is C21H27N3O8S. The second kappa shape index (κ2) is 10.3. The standard InChI is InChI=1S/C21H27N3O8S/c1-4-31-20(26)18-14(3)22-21(27)23-16(18)12-32-19(25)15-6-5-13(2)17(11-15)33(28,29)24-7-9-30-10-8-24/h5-6,11,14H,4,7-10,12H2,1-3H3,(H2,22,23,27)/t14-/m1/s1. The van der Waals surface area contributed by atoms with E-state index < -0.39 is 40.6 Å². The molecule has 2 N–H and O–H groups in total. The number of ether oxygens (including phenoxy) is 3. The summed E-state index contributed by atoms with van der Waals surface area (Å²) in [5.74, 6) is -1.44. The SMILES string of the molecule is CCOC(=O)C1=C(COC(=O)c2ccc(C)c(S(=O)(=O)N3CCOCC3)c2)NC(=O)N[C@@H]1C. The Kier molecular flexibility index (Phi) is 7.72. The molecular weight excluding hydrogens is 454 g/mol. The second-order valence-electron chi connectivity index (χ2n) is 7.51. The molecule has 33 heavy (non-hydrogen) atoms. The number of amides is 2. The summed E-state index contributed by atoms with van der Waals surface area (Å²) in [6.07, 6.45) is 0. The third-order valence-corrected chi connectivity index (χ3v) is 7.27. The number of nitrogens with one attached hydrogen (secondary N) is 2. The van der Waals surface area contributed by atoms with Crippen LogP contribution in [-0.4, -0.2) is 76.3 Å². The molecule has 0 aromatic heterocycles. The van der Waals surface area contributed by atoms with Crippen molar-refractivity contribution in [3.63, 3.8) is 0 Å². The fraction of sp³-hybridized carbons (Fsp3) is 0.476. The van der Waals surface area contributed by atoms with Crippen molar-refractivity contribution in [2.24, 2.45) is 0 Å². The summed E-state index contributed by atoms with van der Waals surface area (Å²) in [6, 6.07) is 3.07. The van der Waals surface area contributed by atoms with Gasteiger partial charge in [0.1, 0.15) is 6.61 Å². The van der Waals surface area contributed by atoms with Crippen LogP contribution >= 0.6 is 0 Å². The van der Waals surface area contributed by atoms with E-state index >= 15 is 0 Å². The number of esters is 2. The Morgan fingerprint density at radius 2 is 1.88 bits per heavy atom. The normalized spacial score (nSPS) is 19.5. The zero-order valence-corrected chi connectivity index (χ0v) is 19.5. The largest absolute Gasteiger partial charge is 0.463 e. The van der Waals surface area contributed by atoms with Gasteiger partial charge in [-0.3, -0.25) is 0 Å². The van der Waals surface area contributed by atoms with Gasteiger partial charge in [0, 0.05) is 13.1 Å². The van der Waals surface area contributed by atoms with E-state index in [0.717, 1.165) is 0 Å². The Hall–Kier alpha value is -2.96. The molecule has 2 aliphatic rings. The average molecular weight is 482 g/mol. The molecule has 0 bridgehead atoms. The summed E-state index contributed by atoms with van der Waals surface area (Å²) >= 11 is 0. The van der Waals surface area contributed by atoms with Crippen molar-refractivity contribution in [2.45, 2.75) is 31.7 Å². The maximum Gasteiger partial charge on any atom is 0.338 e. The fourth-order valence-electron chi connectivity index (χ4n) is 3.55. The van der Waals surface area contributed by atoms with Crippen LogP contribution < -0.4 is 10.6 Å². The van der Waals surface area contributed by atoms with Crippen molar-refractivity contribution in [3.8, 4) is 0 Å². The molecule has 2 amide bonds. The molecule has 11 nitrogen and oxygen atoms in total. The molecule has 0 radical (unpaired) electrons. The average Bonchev–Trinajstić information content (AvgIpc) is 2.78. The van der Waals surface area contributed by atoms with Crippen molar-refractivity contribution in [3.05, 3.63) is 40.6 Å². The molecule has 1 aromatic carbocycles. The van der Waals surface area contributed by atoms with Gasteiger partial charge in [0.2, 0.25) is 10.0 Å². The molecule has 1 atom stereocenters. The van der Waals surface area contributed by atoms with Gasteiger partial charge in [0.25, 0.3) is 0 Å². The van der Waals surface area contributed by atoms with Crippen LogP contribution in [0.5, 0.6) is 0 Å². The van der Waals surface area contributed by atoms with Crippen LogP contribution in [0.1, 0.15) is 29.8 Å². The summed E-state index contributed by atoms with van der Waals surface area (Å²) in [5.41, 5.74) is 0.763. The van der Waals surface area contributed by atoms with Gasteiger partial charge < -0.3 is 24.8 Å². The monoisotopic (exact) mass is 481 g/mol. The summed E-state index contributed by atoms with van der Waals surface area (Å²) in [7, 11) is -3.82. The number of hydrogen-bond acceptors (Lipinski definition) is 8. The maximum absolute atomic E-state index is 13.0. The van der Waals surface area contributed by atoms with E-state index in [1.165, 1.54) is 22.5 Å². The van der Waals surface area contributed by atoms with Crippen LogP contribution in [0.25, 0.3) is 0 Å². The lowest BCUT2D eigenvalue weighted by molar-refractivity contribution is -0.139. The zero-order chi connectivity index (χ0) is 24.2. The van der Waals surface area contributed by atoms with Crippen molar-refractivity contribution in [2.75, 3.05) is 39.5 Å². The van der Waals surface area contributed by atoms with Crippen LogP contribution in [0, 0.1) is 6.92 Å². The lowest BCUT2D eigenvalue weighted by atomic mass is 10.0. The van der Waals surface area contributed by atoms with Gasteiger partial charge in [-0.2, -0.15) is 4.31 Å². The molecule has 180 valence electrons. The number of hydrogen-bond donors (Lipinski definition) is 2. The van der Waals surface area contributed by atoms with Gasteiger partial charge in [-0.15, -0.1) is 0 Å². The highest BCUT2D eigenvalue weighted by Crippen LogP contribution is 2.23. The molecule has 3 rings (SSSR count). The van der Waals surface area contributed by atoms with Gasteiger partial charge in [-0.1, -0.05) is 6.07 Å². The molecule has 2 heterocycles. The van der Waals surface area contributed by atoms with Gasteiger partial charge in [0.15, 0.2) is 0 Å². The zero-order valence-electron chi connectivity index (χ0n) is 18.7. The summed E-state index contributed by atoms with van der Waals surface area (Å²) in [4.78, 5) is 36.8. The van der Waals surface area contributed by atoms with Crippen molar-refractivity contribution >= 4 is 28.0 Å². The molecule has 1 aromatic rings. The third kappa shape index (κ3) is 5.52. The topological polar surface area (TPSA) is 140 Å². The first-order valence-corrected chi connectivity index (χ1v) is 11.9. The first-order chi connectivity index (χ1) is 15.6. The summed E-state index contributed by atoms with van der Waals surface area (Å²) in [6.45, 7) is 5.70. The Morgan fingerprint density at radius 3 is 2.55 bits per heavy atom. The van der Waals surface area contributed by atoms with E-state index in [2.05, 4.69) is 10.6 Å². The van der Waals surface area contributed by atoms with Crippen molar-refractivity contribution in [1.29, 1.82) is 0 Å². The van der Waals surface area contributed by atoms with E-state index in [0.29, 0.717) is 18.8 Å². The molecule has 1 fully saturated rings. The summed E-state index contributed by atoms with van der Waals surface area (Å²) in [5, 5.41) is 5.02. The van der Waals surface area contributed by atoms with E-state index in [4.69, 9.17) is 14.2 Å². The van der Waals surface area contributed by atoms with Crippen LogP contribution in [0.3, 0.4) is 0 Å². The van der Waals surface area contributed by atoms with E-state index in [9.17, 15) is 22.8 Å². The molecule has 0 unspecified atom stereocenters. The Bertz CT molecular complexity index is 1080. The number of carbonyl (C=O) groups excluding carboxylic acids is 3. The summed E-state index contributed by atoms with van der Waals surface area (Å²) < 4.78 is 42.9. The van der Waals surface area contributed by atoms with E-state index in [-0.39, 0.29) is 41.4 Å². The van der Waals surface area contributed by atoms with Gasteiger partial charge in [-0.25, -0.2) is 22.8 Å². The van der Waals surface area contributed by atoms with Crippen molar-refractivity contribution in [1.82, 2.24) is 14.9 Å².